The Bertz CT molecular complexity index is 871. The summed E-state index contributed by atoms with van der Waals surface area (Å²) < 4.78 is 12.2. The minimum atomic E-state index is -0.436. The number of nitrogens with zero attached hydrogens (tertiary/aromatic N) is 1. The highest BCUT2D eigenvalue weighted by atomic mass is 17.2. The molecule has 1 fully saturated rings. The van der Waals surface area contributed by atoms with E-state index < -0.39 is 6.10 Å². The highest BCUT2D eigenvalue weighted by molar-refractivity contribution is 5.68. The maximum absolute atomic E-state index is 12.4. The van der Waals surface area contributed by atoms with Gasteiger partial charge in [-0.3, -0.25) is 4.89 Å². The minimum absolute atomic E-state index is 0.237. The van der Waals surface area contributed by atoms with E-state index in [1.165, 1.54) is 50.5 Å². The number of rotatable bonds is 13. The van der Waals surface area contributed by atoms with E-state index in [4.69, 9.17) is 19.2 Å². The Morgan fingerprint density at radius 2 is 1.81 bits per heavy atom. The van der Waals surface area contributed by atoms with E-state index in [0.29, 0.717) is 18.4 Å². The molecule has 6 heteroatoms. The van der Waals surface area contributed by atoms with Gasteiger partial charge in [-0.05, 0) is 56.5 Å². The maximum Gasteiger partial charge on any atom is 0.342 e. The lowest BCUT2D eigenvalue weighted by Crippen LogP contribution is -2.55. The second kappa shape index (κ2) is 13.5. The molecule has 200 valence electrons. The number of unbranched alkanes of at least 4 members (excludes halogenated alkanes) is 8. The molecule has 1 aromatic carbocycles. The van der Waals surface area contributed by atoms with Crippen LogP contribution < -0.4 is 9.47 Å². The summed E-state index contributed by atoms with van der Waals surface area (Å²) in [6, 6.07) is 6.61. The first kappa shape index (κ1) is 27.0. The van der Waals surface area contributed by atoms with Crippen LogP contribution in [0.15, 0.2) is 30.4 Å². The number of ether oxygens (including phenoxy) is 2. The van der Waals surface area contributed by atoms with Gasteiger partial charge in [0.15, 0.2) is 17.6 Å². The van der Waals surface area contributed by atoms with E-state index in [1.54, 1.807) is 7.11 Å². The summed E-state index contributed by atoms with van der Waals surface area (Å²) in [4.78, 5) is 25.9. The van der Waals surface area contributed by atoms with Crippen molar-refractivity contribution in [2.45, 2.75) is 102 Å². The number of fused-ring (bicyclic) bond motifs is 2. The molecule has 0 aromatic heterocycles. The second-order valence-electron chi connectivity index (χ2n) is 10.8. The molecule has 4 rings (SSSR count). The van der Waals surface area contributed by atoms with Gasteiger partial charge >= 0.3 is 5.97 Å². The Hall–Kier alpha value is -2.05. The number of piperidine rings is 1. The SMILES string of the molecule is CCCCCCCCCCCC(=O)OO[C@H]1C=C[C@@H]2[C@@H]3CCN(C)[C@@H]2Cc2ccc(OC)c(c2)O[C@H]31. The van der Waals surface area contributed by atoms with Crippen molar-refractivity contribution in [2.24, 2.45) is 11.8 Å². The van der Waals surface area contributed by atoms with Crippen molar-refractivity contribution >= 4 is 5.97 Å². The van der Waals surface area contributed by atoms with Gasteiger partial charge in [0.2, 0.25) is 0 Å². The average Bonchev–Trinajstić information content (AvgIpc) is 2.89. The van der Waals surface area contributed by atoms with Crippen molar-refractivity contribution in [1.82, 2.24) is 4.90 Å². The Morgan fingerprint density at radius 1 is 1.06 bits per heavy atom. The van der Waals surface area contributed by atoms with Gasteiger partial charge in [0.05, 0.1) is 7.11 Å². The number of carbonyl (C=O) groups is 1. The Kier molecular flexibility index (Phi) is 10.1. The monoisotopic (exact) mass is 499 g/mol. The molecule has 0 unspecified atom stereocenters. The molecule has 1 aromatic rings. The maximum atomic E-state index is 12.4. The highest BCUT2D eigenvalue weighted by Crippen LogP contribution is 2.43. The Balaban J connectivity index is 1.31. The number of benzene rings is 1. The van der Waals surface area contributed by atoms with E-state index in [1.807, 2.05) is 12.1 Å². The van der Waals surface area contributed by atoms with Crippen LogP contribution in [0.5, 0.6) is 11.5 Å². The van der Waals surface area contributed by atoms with Gasteiger partial charge in [0.25, 0.3) is 0 Å². The molecule has 36 heavy (non-hydrogen) atoms. The van der Waals surface area contributed by atoms with E-state index in [-0.39, 0.29) is 18.0 Å². The van der Waals surface area contributed by atoms with E-state index >= 15 is 0 Å². The smallest absolute Gasteiger partial charge is 0.342 e. The van der Waals surface area contributed by atoms with Crippen LogP contribution in [0, 0.1) is 11.8 Å². The number of hydrogen-bond donors (Lipinski definition) is 0. The predicted molar refractivity (Wildman–Crippen MR) is 141 cm³/mol. The zero-order chi connectivity index (χ0) is 25.3. The molecule has 0 spiro atoms. The standard InChI is InChI=1S/C30H45NO5/c1-4-5-6-7-8-9-10-11-12-13-29(32)36-35-27-17-15-23-24-18-19-31(2)25(23)20-22-14-16-26(33-3)28(21-22)34-30(24)27/h14-17,21,23-25,27,30H,4-13,18-20H2,1-3H3/t23-,24+,25-,27+,30-/m1/s1. The molecule has 3 aliphatic rings. The van der Waals surface area contributed by atoms with Gasteiger partial charge in [-0.2, -0.15) is 4.89 Å². The summed E-state index contributed by atoms with van der Waals surface area (Å²) >= 11 is 0. The van der Waals surface area contributed by atoms with Crippen LogP contribution in [0.4, 0.5) is 0 Å². The number of likely N-dealkylation sites (N-methyl/N-ethyl adjacent to an activating group) is 1. The summed E-state index contributed by atoms with van der Waals surface area (Å²) in [5.41, 5.74) is 1.24. The van der Waals surface area contributed by atoms with Crippen LogP contribution in [0.3, 0.4) is 0 Å². The summed E-state index contributed by atoms with van der Waals surface area (Å²) in [6.45, 7) is 3.26. The molecule has 0 amide bonds. The van der Waals surface area contributed by atoms with Gasteiger partial charge in [-0.25, -0.2) is 4.79 Å². The summed E-state index contributed by atoms with van der Waals surface area (Å²) in [5, 5.41) is 0. The van der Waals surface area contributed by atoms with E-state index in [0.717, 1.165) is 43.7 Å². The molecule has 2 aliphatic heterocycles. The van der Waals surface area contributed by atoms with Crippen LogP contribution in [0.1, 0.15) is 83.1 Å². The lowest BCUT2D eigenvalue weighted by Gasteiger charge is -2.47. The zero-order valence-electron chi connectivity index (χ0n) is 22.5. The fraction of sp³-hybridized carbons (Fsp3) is 0.700. The average molecular weight is 500 g/mol. The Labute approximate surface area is 217 Å². The first-order valence-corrected chi connectivity index (χ1v) is 14.2. The van der Waals surface area contributed by atoms with Gasteiger partial charge in [-0.15, -0.1) is 0 Å². The molecule has 1 saturated heterocycles. The quantitative estimate of drug-likeness (QED) is 0.138. The summed E-state index contributed by atoms with van der Waals surface area (Å²) in [6.07, 6.45) is 16.9. The number of methoxy groups -OCH3 is 1. The van der Waals surface area contributed by atoms with Gasteiger partial charge in [0.1, 0.15) is 6.10 Å². The third kappa shape index (κ3) is 6.83. The van der Waals surface area contributed by atoms with Crippen molar-refractivity contribution in [1.29, 1.82) is 0 Å². The van der Waals surface area contributed by atoms with E-state index in [9.17, 15) is 4.79 Å². The third-order valence-corrected chi connectivity index (χ3v) is 8.26. The highest BCUT2D eigenvalue weighted by Gasteiger charge is 2.47. The van der Waals surface area contributed by atoms with Crippen molar-refractivity contribution in [2.75, 3.05) is 20.7 Å². The fourth-order valence-electron chi connectivity index (χ4n) is 6.13. The van der Waals surface area contributed by atoms with Crippen LogP contribution >= 0.6 is 0 Å². The normalized spacial score (nSPS) is 26.9. The van der Waals surface area contributed by atoms with Crippen molar-refractivity contribution in [3.8, 4) is 11.5 Å². The summed E-state index contributed by atoms with van der Waals surface area (Å²) in [7, 11) is 3.88. The third-order valence-electron chi connectivity index (χ3n) is 8.26. The van der Waals surface area contributed by atoms with Gasteiger partial charge < -0.3 is 14.4 Å². The fourth-order valence-corrected chi connectivity index (χ4v) is 6.13. The molecular weight excluding hydrogens is 454 g/mol. The first-order chi connectivity index (χ1) is 17.6. The largest absolute Gasteiger partial charge is 0.493 e. The lowest BCUT2D eigenvalue weighted by molar-refractivity contribution is -0.305. The number of likely N-dealkylation sites (tertiary alicyclic amines) is 1. The van der Waals surface area contributed by atoms with Crippen LogP contribution in [-0.2, 0) is 21.0 Å². The second-order valence-corrected chi connectivity index (χ2v) is 10.8. The van der Waals surface area contributed by atoms with Crippen molar-refractivity contribution < 1.29 is 24.0 Å². The molecular formula is C30H45NO5. The van der Waals surface area contributed by atoms with Gasteiger partial charge in [0, 0.05) is 18.4 Å². The van der Waals surface area contributed by atoms with Crippen molar-refractivity contribution in [3.05, 3.63) is 35.9 Å². The molecule has 0 radical (unpaired) electrons. The van der Waals surface area contributed by atoms with Crippen LogP contribution in [-0.4, -0.2) is 49.8 Å². The first-order valence-electron chi connectivity index (χ1n) is 14.2. The topological polar surface area (TPSA) is 57.2 Å². The number of hydrogen-bond acceptors (Lipinski definition) is 6. The van der Waals surface area contributed by atoms with Crippen molar-refractivity contribution in [3.63, 3.8) is 0 Å². The summed E-state index contributed by atoms with van der Waals surface area (Å²) in [5.74, 6) is 1.81. The molecule has 1 aliphatic carbocycles. The molecule has 0 N–H and O–H groups in total. The molecule has 6 nitrogen and oxygen atoms in total. The lowest BCUT2D eigenvalue weighted by atomic mass is 9.71. The molecule has 5 atom stereocenters. The molecule has 6 bridgehead atoms. The molecule has 0 saturated carbocycles. The zero-order valence-corrected chi connectivity index (χ0v) is 22.5. The number of carbonyl (C=O) groups excluding carboxylic acids is 1. The predicted octanol–water partition coefficient (Wildman–Crippen LogP) is 6.27. The Morgan fingerprint density at radius 3 is 2.56 bits per heavy atom. The van der Waals surface area contributed by atoms with E-state index in [2.05, 4.69) is 37.1 Å². The molecule has 2 heterocycles. The van der Waals surface area contributed by atoms with Gasteiger partial charge in [-0.1, -0.05) is 76.5 Å². The van der Waals surface area contributed by atoms with Crippen LogP contribution in [0.2, 0.25) is 0 Å². The minimum Gasteiger partial charge on any atom is -0.493 e. The van der Waals surface area contributed by atoms with Crippen LogP contribution in [0.25, 0.3) is 0 Å².